The zero-order valence-electron chi connectivity index (χ0n) is 9.41. The van der Waals surface area contributed by atoms with Crippen LogP contribution in [0.3, 0.4) is 0 Å². The van der Waals surface area contributed by atoms with Crippen LogP contribution in [-0.2, 0) is 11.3 Å². The Morgan fingerprint density at radius 2 is 2.06 bits per heavy atom. The number of halogens is 2. The van der Waals surface area contributed by atoms with Crippen molar-refractivity contribution in [3.05, 3.63) is 22.2 Å². The first-order chi connectivity index (χ1) is 8.13. The van der Waals surface area contributed by atoms with Gasteiger partial charge >= 0.3 is 0 Å². The van der Waals surface area contributed by atoms with Crippen molar-refractivity contribution in [2.45, 2.75) is 13.0 Å². The second-order valence-corrected chi connectivity index (χ2v) is 4.54. The van der Waals surface area contributed by atoms with Crippen molar-refractivity contribution in [1.82, 2.24) is 9.55 Å². The Labute approximate surface area is 109 Å². The van der Waals surface area contributed by atoms with Crippen LogP contribution in [0.25, 0.3) is 11.0 Å². The summed E-state index contributed by atoms with van der Waals surface area (Å²) in [7, 11) is 1.67. The van der Waals surface area contributed by atoms with Gasteiger partial charge in [-0.15, -0.1) is 0 Å². The number of imidazole rings is 1. The molecule has 0 fully saturated rings. The lowest BCUT2D eigenvalue weighted by Crippen LogP contribution is -2.05. The average Bonchev–Trinajstić information content (AvgIpc) is 2.57. The first-order valence-electron chi connectivity index (χ1n) is 5.23. The molecule has 17 heavy (non-hydrogen) atoms. The summed E-state index contributed by atoms with van der Waals surface area (Å²) in [6.45, 7) is 1.43. The normalized spacial score (nSPS) is 11.2. The topological polar surface area (TPSA) is 53.1 Å². The molecule has 0 atom stereocenters. The fourth-order valence-corrected chi connectivity index (χ4v) is 2.06. The molecule has 0 saturated heterocycles. The molecule has 0 saturated carbocycles. The maximum atomic E-state index is 5.99. The first kappa shape index (κ1) is 12.5. The van der Waals surface area contributed by atoms with Gasteiger partial charge in [0.2, 0.25) is 5.95 Å². The van der Waals surface area contributed by atoms with Crippen LogP contribution in [0, 0.1) is 0 Å². The highest BCUT2D eigenvalue weighted by Crippen LogP contribution is 2.29. The first-order valence-corrected chi connectivity index (χ1v) is 5.98. The fraction of sp³-hybridized carbons (Fsp3) is 0.364. The number of aryl methyl sites for hydroxylation is 1. The van der Waals surface area contributed by atoms with Crippen molar-refractivity contribution in [3.8, 4) is 0 Å². The zero-order valence-corrected chi connectivity index (χ0v) is 10.9. The van der Waals surface area contributed by atoms with E-state index in [4.69, 9.17) is 33.7 Å². The van der Waals surface area contributed by atoms with E-state index in [-0.39, 0.29) is 0 Å². The van der Waals surface area contributed by atoms with Gasteiger partial charge in [-0.2, -0.15) is 0 Å². The highest BCUT2D eigenvalue weighted by Gasteiger charge is 2.10. The summed E-state index contributed by atoms with van der Waals surface area (Å²) in [6, 6.07) is 3.51. The van der Waals surface area contributed by atoms with E-state index in [2.05, 4.69) is 4.98 Å². The molecule has 0 aliphatic carbocycles. The van der Waals surface area contributed by atoms with Crippen LogP contribution in [0.1, 0.15) is 6.42 Å². The van der Waals surface area contributed by atoms with Crippen molar-refractivity contribution in [1.29, 1.82) is 0 Å². The molecule has 0 amide bonds. The molecule has 0 unspecified atom stereocenters. The third-order valence-electron chi connectivity index (χ3n) is 2.55. The van der Waals surface area contributed by atoms with Gasteiger partial charge in [-0.1, -0.05) is 23.2 Å². The van der Waals surface area contributed by atoms with Crippen LogP contribution in [0.5, 0.6) is 0 Å². The Morgan fingerprint density at radius 3 is 2.76 bits per heavy atom. The predicted molar refractivity (Wildman–Crippen MR) is 70.7 cm³/mol. The molecule has 1 heterocycles. The number of nitrogen functional groups attached to an aromatic ring is 1. The average molecular weight is 274 g/mol. The van der Waals surface area contributed by atoms with Gasteiger partial charge in [-0.25, -0.2) is 4.98 Å². The molecule has 4 nitrogen and oxygen atoms in total. The Morgan fingerprint density at radius 1 is 1.35 bits per heavy atom. The van der Waals surface area contributed by atoms with Crippen LogP contribution in [-0.4, -0.2) is 23.3 Å². The summed E-state index contributed by atoms with van der Waals surface area (Å²) in [6.07, 6.45) is 0.867. The number of benzene rings is 1. The van der Waals surface area contributed by atoms with Gasteiger partial charge in [-0.3, -0.25) is 0 Å². The van der Waals surface area contributed by atoms with Crippen LogP contribution in [0.4, 0.5) is 5.95 Å². The van der Waals surface area contributed by atoms with Crippen molar-refractivity contribution >= 4 is 40.2 Å². The lowest BCUT2D eigenvalue weighted by molar-refractivity contribution is 0.191. The highest BCUT2D eigenvalue weighted by atomic mass is 35.5. The number of hydrogen-bond acceptors (Lipinski definition) is 3. The second kappa shape index (κ2) is 5.12. The van der Waals surface area contributed by atoms with E-state index >= 15 is 0 Å². The molecular formula is C11H13Cl2N3O. The van der Waals surface area contributed by atoms with E-state index in [0.717, 1.165) is 24.0 Å². The van der Waals surface area contributed by atoms with E-state index in [0.29, 0.717) is 22.6 Å². The summed E-state index contributed by atoms with van der Waals surface area (Å²) < 4.78 is 6.93. The van der Waals surface area contributed by atoms with Gasteiger partial charge < -0.3 is 15.0 Å². The van der Waals surface area contributed by atoms with Crippen LogP contribution >= 0.6 is 23.2 Å². The SMILES string of the molecule is COCCCn1c(N)nc2cc(Cl)c(Cl)cc21. The number of hydrogen-bond donors (Lipinski definition) is 1. The third kappa shape index (κ3) is 2.49. The van der Waals surface area contributed by atoms with Crippen molar-refractivity contribution in [3.63, 3.8) is 0 Å². The number of nitrogens with two attached hydrogens (primary N) is 1. The number of fused-ring (bicyclic) bond motifs is 1. The van der Waals surface area contributed by atoms with E-state index in [1.165, 1.54) is 0 Å². The number of ether oxygens (including phenoxy) is 1. The Kier molecular flexibility index (Phi) is 3.76. The monoisotopic (exact) mass is 273 g/mol. The number of methoxy groups -OCH3 is 1. The molecule has 0 bridgehead atoms. The Bertz CT molecular complexity index is 539. The summed E-state index contributed by atoms with van der Waals surface area (Å²) in [5.74, 6) is 0.467. The van der Waals surface area contributed by atoms with Crippen LogP contribution in [0.15, 0.2) is 12.1 Å². The van der Waals surface area contributed by atoms with Crippen molar-refractivity contribution < 1.29 is 4.74 Å². The van der Waals surface area contributed by atoms with Gasteiger partial charge in [-0.05, 0) is 18.6 Å². The third-order valence-corrected chi connectivity index (χ3v) is 3.27. The van der Waals surface area contributed by atoms with Crippen LogP contribution in [0.2, 0.25) is 10.0 Å². The molecule has 2 N–H and O–H groups in total. The molecule has 0 aliphatic rings. The highest BCUT2D eigenvalue weighted by molar-refractivity contribution is 6.42. The molecule has 1 aromatic heterocycles. The lowest BCUT2D eigenvalue weighted by Gasteiger charge is -2.06. The number of anilines is 1. The van der Waals surface area contributed by atoms with Crippen molar-refractivity contribution in [2.24, 2.45) is 0 Å². The minimum atomic E-state index is 0.467. The maximum absolute atomic E-state index is 5.99. The lowest BCUT2D eigenvalue weighted by atomic mass is 10.3. The molecule has 0 spiro atoms. The van der Waals surface area contributed by atoms with E-state index in [9.17, 15) is 0 Å². The summed E-state index contributed by atoms with van der Waals surface area (Å²) in [5.41, 5.74) is 7.52. The predicted octanol–water partition coefficient (Wildman–Crippen LogP) is 2.96. The molecule has 6 heteroatoms. The molecule has 92 valence electrons. The standard InChI is InChI=1S/C11H13Cl2N3O/c1-17-4-2-3-16-10-6-8(13)7(12)5-9(10)15-11(16)14/h5-6H,2-4H2,1H3,(H2,14,15). The smallest absolute Gasteiger partial charge is 0.201 e. The Hall–Kier alpha value is -0.970. The van der Waals surface area contributed by atoms with Crippen LogP contribution < -0.4 is 5.73 Å². The fourth-order valence-electron chi connectivity index (χ4n) is 1.74. The number of aromatic nitrogens is 2. The van der Waals surface area contributed by atoms with Gasteiger partial charge in [0.05, 0.1) is 21.1 Å². The van der Waals surface area contributed by atoms with E-state index < -0.39 is 0 Å². The zero-order chi connectivity index (χ0) is 12.4. The number of rotatable bonds is 4. The molecule has 1 aromatic carbocycles. The van der Waals surface area contributed by atoms with Crippen molar-refractivity contribution in [2.75, 3.05) is 19.5 Å². The minimum Gasteiger partial charge on any atom is -0.385 e. The summed E-state index contributed by atoms with van der Waals surface area (Å²) >= 11 is 11.9. The Balaban J connectivity index is 2.40. The van der Waals surface area contributed by atoms with E-state index in [1.807, 2.05) is 4.57 Å². The quantitative estimate of drug-likeness (QED) is 0.872. The molecule has 0 aliphatic heterocycles. The maximum Gasteiger partial charge on any atom is 0.201 e. The minimum absolute atomic E-state index is 0.467. The molecule has 0 radical (unpaired) electrons. The number of nitrogens with zero attached hydrogens (tertiary/aromatic N) is 2. The summed E-state index contributed by atoms with van der Waals surface area (Å²) in [4.78, 5) is 4.25. The van der Waals surface area contributed by atoms with Gasteiger partial charge in [0.15, 0.2) is 0 Å². The molecular weight excluding hydrogens is 261 g/mol. The van der Waals surface area contributed by atoms with Gasteiger partial charge in [0, 0.05) is 20.3 Å². The molecule has 2 rings (SSSR count). The molecule has 2 aromatic rings. The summed E-state index contributed by atoms with van der Waals surface area (Å²) in [5, 5.41) is 0.993. The second-order valence-electron chi connectivity index (χ2n) is 3.72. The largest absolute Gasteiger partial charge is 0.385 e. The van der Waals surface area contributed by atoms with Gasteiger partial charge in [0.1, 0.15) is 0 Å². The van der Waals surface area contributed by atoms with E-state index in [1.54, 1.807) is 19.2 Å². The van der Waals surface area contributed by atoms with Gasteiger partial charge in [0.25, 0.3) is 0 Å².